The van der Waals surface area contributed by atoms with Crippen LogP contribution in [-0.4, -0.2) is 101 Å². The third-order valence-corrected chi connectivity index (χ3v) is 7.81. The fraction of sp³-hybridized carbons (Fsp3) is 0.650. The van der Waals surface area contributed by atoms with Crippen LogP contribution in [0.25, 0.3) is 11.4 Å². The van der Waals surface area contributed by atoms with Crippen molar-refractivity contribution in [2.24, 2.45) is 0 Å². The molecular weight excluding hydrogens is 418 g/mol. The van der Waals surface area contributed by atoms with Crippen LogP contribution in [-0.2, 0) is 21.5 Å². The van der Waals surface area contributed by atoms with Gasteiger partial charge in [0.25, 0.3) is 10.2 Å². The van der Waals surface area contributed by atoms with E-state index >= 15 is 0 Å². The minimum atomic E-state index is -3.35. The molecule has 0 aliphatic carbocycles. The quantitative estimate of drug-likeness (QED) is 0.520. The van der Waals surface area contributed by atoms with Crippen LogP contribution in [0.3, 0.4) is 0 Å². The van der Waals surface area contributed by atoms with Gasteiger partial charge in [-0.3, -0.25) is 0 Å². The van der Waals surface area contributed by atoms with E-state index in [1.54, 1.807) is 13.4 Å². The van der Waals surface area contributed by atoms with Crippen LogP contribution in [0, 0.1) is 0 Å². The molecule has 0 saturated carbocycles. The van der Waals surface area contributed by atoms with Crippen molar-refractivity contribution in [2.45, 2.75) is 25.8 Å². The first-order valence-electron chi connectivity index (χ1n) is 11.0. The lowest BCUT2D eigenvalue weighted by Crippen LogP contribution is -2.54. The molecule has 0 amide bonds. The van der Waals surface area contributed by atoms with E-state index in [4.69, 9.17) is 4.74 Å². The second-order valence-corrected chi connectivity index (χ2v) is 9.82. The molecule has 0 bridgehead atoms. The van der Waals surface area contributed by atoms with Crippen molar-refractivity contribution in [3.05, 3.63) is 30.3 Å². The highest BCUT2D eigenvalue weighted by Gasteiger charge is 2.33. The Labute approximate surface area is 183 Å². The molecule has 2 aliphatic heterocycles. The van der Waals surface area contributed by atoms with Gasteiger partial charge >= 0.3 is 0 Å². The number of aromatic nitrogens is 4. The molecule has 2 saturated heterocycles. The summed E-state index contributed by atoms with van der Waals surface area (Å²) < 4.78 is 33.9. The molecule has 2 fully saturated rings. The van der Waals surface area contributed by atoms with Gasteiger partial charge in [0, 0.05) is 44.8 Å². The highest BCUT2D eigenvalue weighted by Crippen LogP contribution is 2.15. The molecule has 3 heterocycles. The molecule has 0 radical (unpaired) electrons. The zero-order valence-electron chi connectivity index (χ0n) is 17.8. The number of rotatable bonds is 9. The normalized spacial score (nSPS) is 19.6. The van der Waals surface area contributed by atoms with Crippen LogP contribution < -0.4 is 0 Å². The number of benzene rings is 1. The summed E-state index contributed by atoms with van der Waals surface area (Å²) in [5, 5.41) is 12.7. The first-order valence-corrected chi connectivity index (χ1v) is 12.4. The number of hydrogen-bond donors (Lipinski definition) is 0. The maximum atomic E-state index is 12.7. The molecule has 170 valence electrons. The summed E-state index contributed by atoms with van der Waals surface area (Å²) in [5.74, 6) is 0.658. The van der Waals surface area contributed by atoms with Gasteiger partial charge in [-0.15, -0.1) is 10.2 Å². The lowest BCUT2D eigenvalue weighted by molar-refractivity contribution is 0.0685. The number of morpholine rings is 1. The van der Waals surface area contributed by atoms with E-state index in [0.29, 0.717) is 45.2 Å². The zero-order chi connectivity index (χ0) is 21.5. The Morgan fingerprint density at radius 2 is 1.52 bits per heavy atom. The van der Waals surface area contributed by atoms with Gasteiger partial charge in [0.15, 0.2) is 0 Å². The van der Waals surface area contributed by atoms with Gasteiger partial charge in [-0.2, -0.15) is 21.8 Å². The third kappa shape index (κ3) is 5.86. The minimum Gasteiger partial charge on any atom is -0.379 e. The molecule has 4 rings (SSSR count). The summed E-state index contributed by atoms with van der Waals surface area (Å²) >= 11 is 0. The third-order valence-electron chi connectivity index (χ3n) is 5.77. The van der Waals surface area contributed by atoms with Gasteiger partial charge < -0.3 is 9.64 Å². The van der Waals surface area contributed by atoms with E-state index in [1.807, 2.05) is 30.3 Å². The Hall–Kier alpha value is -1.92. The number of hydrogen-bond acceptors (Lipinski definition) is 7. The summed E-state index contributed by atoms with van der Waals surface area (Å²) in [6, 6.07) is 9.86. The van der Waals surface area contributed by atoms with Crippen LogP contribution in [0.1, 0.15) is 19.3 Å². The Balaban J connectivity index is 1.12. The lowest BCUT2D eigenvalue weighted by Gasteiger charge is -2.37. The standard InChI is InChI=1S/C20H31N7O3S/c28-31(29,26-15-17-30-18-16-26)25-13-11-24(12-14-25)9-5-2-6-10-27-22-20(21-23-27)19-7-3-1-4-8-19/h1,3-4,7-8H,2,5-6,9-18H2. The number of nitrogens with zero attached hydrogens (tertiary/aromatic N) is 7. The van der Waals surface area contributed by atoms with Gasteiger partial charge in [-0.1, -0.05) is 36.8 Å². The summed E-state index contributed by atoms with van der Waals surface area (Å²) in [7, 11) is -3.35. The molecule has 0 unspecified atom stereocenters. The van der Waals surface area contributed by atoms with Crippen LogP contribution in [0.2, 0.25) is 0 Å². The summed E-state index contributed by atoms with van der Waals surface area (Å²) in [5.41, 5.74) is 0.975. The zero-order valence-corrected chi connectivity index (χ0v) is 18.7. The fourth-order valence-electron chi connectivity index (χ4n) is 3.93. The van der Waals surface area contributed by atoms with Crippen LogP contribution in [0.15, 0.2) is 30.3 Å². The number of unbranched alkanes of at least 4 members (excludes halogenated alkanes) is 2. The predicted octanol–water partition coefficient (Wildman–Crippen LogP) is 0.705. The van der Waals surface area contributed by atoms with E-state index in [9.17, 15) is 8.42 Å². The minimum absolute atomic E-state index is 0.454. The van der Waals surface area contributed by atoms with Crippen molar-refractivity contribution >= 4 is 10.2 Å². The molecule has 1 aromatic carbocycles. The van der Waals surface area contributed by atoms with Crippen LogP contribution in [0.5, 0.6) is 0 Å². The second-order valence-electron chi connectivity index (χ2n) is 7.90. The van der Waals surface area contributed by atoms with Crippen molar-refractivity contribution in [1.82, 2.24) is 33.7 Å². The second kappa shape index (κ2) is 10.6. The molecule has 0 atom stereocenters. The molecule has 2 aliphatic rings. The van der Waals surface area contributed by atoms with Gasteiger partial charge in [0.2, 0.25) is 5.82 Å². The van der Waals surface area contributed by atoms with Crippen LogP contribution in [0.4, 0.5) is 0 Å². The SMILES string of the molecule is O=S(=O)(N1CCOCC1)N1CCN(CCCCCn2nnc(-c3ccccc3)n2)CC1. The highest BCUT2D eigenvalue weighted by atomic mass is 32.2. The average Bonchev–Trinajstić information content (AvgIpc) is 3.29. The maximum Gasteiger partial charge on any atom is 0.282 e. The van der Waals surface area contributed by atoms with Gasteiger partial charge in [-0.05, 0) is 24.6 Å². The highest BCUT2D eigenvalue weighted by molar-refractivity contribution is 7.86. The van der Waals surface area contributed by atoms with E-state index in [-0.39, 0.29) is 0 Å². The molecule has 11 heteroatoms. The molecule has 31 heavy (non-hydrogen) atoms. The lowest BCUT2D eigenvalue weighted by atomic mass is 10.2. The summed E-state index contributed by atoms with van der Waals surface area (Å²) in [6.45, 7) is 6.32. The Morgan fingerprint density at radius 1 is 0.839 bits per heavy atom. The first-order chi connectivity index (χ1) is 15.1. The van der Waals surface area contributed by atoms with E-state index < -0.39 is 10.2 Å². The summed E-state index contributed by atoms with van der Waals surface area (Å²) in [6.07, 6.45) is 3.15. The predicted molar refractivity (Wildman–Crippen MR) is 116 cm³/mol. The van der Waals surface area contributed by atoms with Crippen molar-refractivity contribution < 1.29 is 13.2 Å². The Bertz CT molecular complexity index is 908. The number of ether oxygens (including phenoxy) is 1. The van der Waals surface area contributed by atoms with E-state index in [0.717, 1.165) is 51.0 Å². The molecule has 0 spiro atoms. The summed E-state index contributed by atoms with van der Waals surface area (Å²) in [4.78, 5) is 4.02. The van der Waals surface area contributed by atoms with Crippen molar-refractivity contribution in [3.63, 3.8) is 0 Å². The Kier molecular flexibility index (Phi) is 7.62. The Morgan fingerprint density at radius 3 is 2.26 bits per heavy atom. The monoisotopic (exact) mass is 449 g/mol. The van der Waals surface area contributed by atoms with Crippen LogP contribution >= 0.6 is 0 Å². The van der Waals surface area contributed by atoms with Crippen molar-refractivity contribution in [1.29, 1.82) is 0 Å². The van der Waals surface area contributed by atoms with Gasteiger partial charge in [-0.25, -0.2) is 0 Å². The maximum absolute atomic E-state index is 12.7. The van der Waals surface area contributed by atoms with Crippen molar-refractivity contribution in [2.75, 3.05) is 59.0 Å². The fourth-order valence-corrected chi connectivity index (χ4v) is 5.49. The molecular formula is C20H31N7O3S. The number of piperazine rings is 1. The van der Waals surface area contributed by atoms with Crippen molar-refractivity contribution in [3.8, 4) is 11.4 Å². The first kappa shape index (κ1) is 22.3. The van der Waals surface area contributed by atoms with Gasteiger partial charge in [0.1, 0.15) is 0 Å². The largest absolute Gasteiger partial charge is 0.379 e. The molecule has 0 N–H and O–H groups in total. The van der Waals surface area contributed by atoms with E-state index in [2.05, 4.69) is 20.3 Å². The molecule has 2 aromatic rings. The number of aryl methyl sites for hydroxylation is 1. The molecule has 1 aromatic heterocycles. The average molecular weight is 450 g/mol. The van der Waals surface area contributed by atoms with E-state index in [1.165, 1.54) is 0 Å². The smallest absolute Gasteiger partial charge is 0.282 e. The van der Waals surface area contributed by atoms with Gasteiger partial charge in [0.05, 0.1) is 19.8 Å². The topological polar surface area (TPSA) is 96.7 Å². The molecule has 10 nitrogen and oxygen atoms in total. The number of tetrazole rings is 1.